The fourth-order valence-electron chi connectivity index (χ4n) is 4.07. The van der Waals surface area contributed by atoms with Gasteiger partial charge in [0.2, 0.25) is 0 Å². The molecule has 0 heterocycles. The molecule has 152 valence electrons. The number of halogens is 1. The van der Waals surface area contributed by atoms with Crippen LogP contribution in [-0.2, 0) is 0 Å². The minimum absolute atomic E-state index is 0.343. The van der Waals surface area contributed by atoms with Crippen LogP contribution in [0.4, 0.5) is 4.39 Å². The number of nitrogens with zero attached hydrogens (tertiary/aromatic N) is 1. The second-order valence-electron chi connectivity index (χ2n) is 8.28. The van der Waals surface area contributed by atoms with Gasteiger partial charge in [-0.25, -0.2) is 4.39 Å². The predicted octanol–water partition coefficient (Wildman–Crippen LogP) is 6.54. The van der Waals surface area contributed by atoms with E-state index in [1.165, 1.54) is 50.2 Å². The Kier molecular flexibility index (Phi) is 6.94. The van der Waals surface area contributed by atoms with E-state index in [-0.39, 0.29) is 0 Å². The molecule has 0 radical (unpaired) electrons. The van der Waals surface area contributed by atoms with Gasteiger partial charge < -0.3 is 0 Å². The third-order valence-corrected chi connectivity index (χ3v) is 7.39. The van der Waals surface area contributed by atoms with E-state index in [0.29, 0.717) is 21.7 Å². The Morgan fingerprint density at radius 1 is 0.900 bits per heavy atom. The molecular weight excluding hydrogens is 408 g/mol. The number of thiocyanates is 1. The molecule has 0 bridgehead atoms. The zero-order valence-corrected chi connectivity index (χ0v) is 18.9. The molecule has 0 saturated heterocycles. The van der Waals surface area contributed by atoms with Crippen LogP contribution in [0.25, 0.3) is 0 Å². The first-order valence-corrected chi connectivity index (χ1v) is 12.0. The molecule has 1 unspecified atom stereocenters. The smallest absolute Gasteiger partial charge is 0.139 e. The Morgan fingerprint density at radius 2 is 1.50 bits per heavy atom. The van der Waals surface area contributed by atoms with Crippen molar-refractivity contribution in [2.24, 2.45) is 11.8 Å². The third kappa shape index (κ3) is 5.55. The lowest BCUT2D eigenvalue weighted by Crippen LogP contribution is -2.11. The van der Waals surface area contributed by atoms with E-state index in [9.17, 15) is 4.39 Å². The molecule has 0 aliphatic heterocycles. The van der Waals surface area contributed by atoms with Gasteiger partial charge in [-0.3, -0.25) is 0 Å². The van der Waals surface area contributed by atoms with Crippen molar-refractivity contribution in [1.29, 1.82) is 5.26 Å². The maximum atomic E-state index is 14.1. The molecule has 2 fully saturated rings. The Hall–Kier alpha value is -2.06. The van der Waals surface area contributed by atoms with Crippen molar-refractivity contribution in [2.75, 3.05) is 0 Å². The van der Waals surface area contributed by atoms with Crippen LogP contribution in [0.1, 0.15) is 61.1 Å². The first kappa shape index (κ1) is 21.2. The Bertz CT molecular complexity index is 1010. The topological polar surface area (TPSA) is 23.8 Å². The van der Waals surface area contributed by atoms with E-state index in [1.54, 1.807) is 6.07 Å². The van der Waals surface area contributed by atoms with Gasteiger partial charge in [-0.1, -0.05) is 36.1 Å². The number of rotatable bonds is 4. The largest absolute Gasteiger partial charge is 0.206 e. The SMILES string of the molecule is N#CSc1c(F)cc(C#Cc2ccc(C3CCC(/C=C/C4CC4)CC3)cc2)cc1P. The fraction of sp³-hybridized carbons (Fsp3) is 0.346. The lowest BCUT2D eigenvalue weighted by atomic mass is 9.78. The molecule has 0 spiro atoms. The van der Waals surface area contributed by atoms with Crippen molar-refractivity contribution in [2.45, 2.75) is 49.3 Å². The maximum absolute atomic E-state index is 14.1. The summed E-state index contributed by atoms with van der Waals surface area (Å²) >= 11 is 0.831. The van der Waals surface area contributed by atoms with E-state index in [2.05, 4.69) is 57.5 Å². The van der Waals surface area contributed by atoms with Gasteiger partial charge in [0.1, 0.15) is 11.2 Å². The molecule has 2 aromatic rings. The Labute approximate surface area is 185 Å². The second kappa shape index (κ2) is 9.83. The summed E-state index contributed by atoms with van der Waals surface area (Å²) in [5.74, 6) is 8.07. The highest BCUT2D eigenvalue weighted by molar-refractivity contribution is 8.04. The van der Waals surface area contributed by atoms with Crippen molar-refractivity contribution >= 4 is 26.3 Å². The molecule has 1 atom stereocenters. The van der Waals surface area contributed by atoms with Gasteiger partial charge >= 0.3 is 0 Å². The lowest BCUT2D eigenvalue weighted by Gasteiger charge is -2.27. The molecule has 1 nitrogen and oxygen atoms in total. The van der Waals surface area contributed by atoms with Gasteiger partial charge in [0.25, 0.3) is 0 Å². The van der Waals surface area contributed by atoms with Crippen molar-refractivity contribution in [1.82, 2.24) is 0 Å². The number of allylic oxidation sites excluding steroid dienone is 2. The van der Waals surface area contributed by atoms with Crippen LogP contribution in [0.5, 0.6) is 0 Å². The van der Waals surface area contributed by atoms with Crippen LogP contribution in [0.3, 0.4) is 0 Å². The molecule has 2 saturated carbocycles. The monoisotopic (exact) mass is 433 g/mol. The molecule has 4 heteroatoms. The zero-order chi connectivity index (χ0) is 20.9. The van der Waals surface area contributed by atoms with Gasteiger partial charge in [-0.2, -0.15) is 5.26 Å². The first-order chi connectivity index (χ1) is 14.6. The van der Waals surface area contributed by atoms with Crippen molar-refractivity contribution < 1.29 is 4.39 Å². The summed E-state index contributed by atoms with van der Waals surface area (Å²) < 4.78 is 14.1. The molecule has 4 rings (SSSR count). The highest BCUT2D eigenvalue weighted by Crippen LogP contribution is 2.38. The molecule has 0 N–H and O–H groups in total. The number of nitriles is 1. The van der Waals surface area contributed by atoms with Gasteiger partial charge in [0.05, 0.1) is 4.90 Å². The normalized spacial score (nSPS) is 21.1. The first-order valence-electron chi connectivity index (χ1n) is 10.6. The number of hydrogen-bond donors (Lipinski definition) is 0. The maximum Gasteiger partial charge on any atom is 0.139 e. The summed E-state index contributed by atoms with van der Waals surface area (Å²) in [4.78, 5) is 0.343. The summed E-state index contributed by atoms with van der Waals surface area (Å²) in [7, 11) is 2.48. The van der Waals surface area contributed by atoms with Crippen molar-refractivity contribution in [3.8, 4) is 17.2 Å². The van der Waals surface area contributed by atoms with E-state index in [4.69, 9.17) is 5.26 Å². The van der Waals surface area contributed by atoms with Crippen LogP contribution < -0.4 is 5.30 Å². The highest BCUT2D eigenvalue weighted by atomic mass is 32.2. The zero-order valence-electron chi connectivity index (χ0n) is 16.9. The van der Waals surface area contributed by atoms with Crippen LogP contribution in [0, 0.1) is 40.2 Å². The number of benzene rings is 2. The molecule has 2 aliphatic rings. The lowest BCUT2D eigenvalue weighted by molar-refractivity contribution is 0.375. The van der Waals surface area contributed by atoms with Crippen LogP contribution in [-0.4, -0.2) is 0 Å². The van der Waals surface area contributed by atoms with Crippen LogP contribution in [0.2, 0.25) is 0 Å². The standard InChI is InChI=1S/C26H25FNPS/c27-24-15-21(16-25(29)26(24)30-17-28)6-5-20-9-13-23(14-10-20)22-11-7-19(8-12-22)4-3-18-1-2-18/h3-4,9-10,13-16,18-19,22H,1-2,7-8,11-12,29H2/b4-3+. The molecule has 0 amide bonds. The summed E-state index contributed by atoms with van der Waals surface area (Å²) in [5, 5.41) is 11.3. The number of hydrogen-bond acceptors (Lipinski definition) is 2. The van der Waals surface area contributed by atoms with Gasteiger partial charge in [0.15, 0.2) is 0 Å². The number of thioether (sulfide) groups is 1. The van der Waals surface area contributed by atoms with Crippen LogP contribution in [0.15, 0.2) is 53.4 Å². The average molecular weight is 434 g/mol. The third-order valence-electron chi connectivity index (χ3n) is 6.00. The van der Waals surface area contributed by atoms with E-state index in [0.717, 1.165) is 29.2 Å². The molecule has 2 aliphatic carbocycles. The Morgan fingerprint density at radius 3 is 2.07 bits per heavy atom. The summed E-state index contributed by atoms with van der Waals surface area (Å²) in [6, 6.07) is 11.7. The fourth-order valence-corrected chi connectivity index (χ4v) is 4.99. The summed E-state index contributed by atoms with van der Waals surface area (Å²) in [6.45, 7) is 0. The Balaban J connectivity index is 1.37. The quantitative estimate of drug-likeness (QED) is 0.180. The van der Waals surface area contributed by atoms with Gasteiger partial charge in [-0.15, -0.1) is 9.24 Å². The molecular formula is C26H25FNPS. The van der Waals surface area contributed by atoms with E-state index >= 15 is 0 Å². The van der Waals surface area contributed by atoms with Crippen molar-refractivity contribution in [3.05, 3.63) is 71.1 Å². The minimum atomic E-state index is -0.406. The van der Waals surface area contributed by atoms with Crippen LogP contribution >= 0.6 is 21.0 Å². The second-order valence-corrected chi connectivity index (χ2v) is 9.69. The van der Waals surface area contributed by atoms with Gasteiger partial charge in [0, 0.05) is 11.1 Å². The highest BCUT2D eigenvalue weighted by Gasteiger charge is 2.22. The molecule has 2 aromatic carbocycles. The van der Waals surface area contributed by atoms with E-state index in [1.807, 2.05) is 5.40 Å². The summed E-state index contributed by atoms with van der Waals surface area (Å²) in [5.41, 5.74) is 2.95. The summed E-state index contributed by atoms with van der Waals surface area (Å²) in [6.07, 6.45) is 12.8. The van der Waals surface area contributed by atoms with E-state index < -0.39 is 5.82 Å². The minimum Gasteiger partial charge on any atom is -0.206 e. The van der Waals surface area contributed by atoms with Gasteiger partial charge in [-0.05, 0) is 103 Å². The molecule has 0 aromatic heterocycles. The average Bonchev–Trinajstić information content (AvgIpc) is 3.59. The predicted molar refractivity (Wildman–Crippen MR) is 126 cm³/mol. The molecule has 30 heavy (non-hydrogen) atoms. The van der Waals surface area contributed by atoms with Crippen molar-refractivity contribution in [3.63, 3.8) is 0 Å².